The summed E-state index contributed by atoms with van der Waals surface area (Å²) in [6, 6.07) is 0. The van der Waals surface area contributed by atoms with Crippen molar-refractivity contribution in [3.8, 4) is 0 Å². The van der Waals surface area contributed by atoms with Crippen LogP contribution in [-0.4, -0.2) is 21.2 Å². The van der Waals surface area contributed by atoms with Crippen LogP contribution in [0.2, 0.25) is 18.1 Å². The highest BCUT2D eigenvalue weighted by Gasteiger charge is 2.37. The first-order valence-electron chi connectivity index (χ1n) is 5.71. The van der Waals surface area contributed by atoms with Crippen LogP contribution in [0.5, 0.6) is 0 Å². The van der Waals surface area contributed by atoms with Gasteiger partial charge in [0.1, 0.15) is 6.29 Å². The summed E-state index contributed by atoms with van der Waals surface area (Å²) in [6.07, 6.45) is 1.01. The van der Waals surface area contributed by atoms with E-state index in [1.807, 2.05) is 6.92 Å². The Morgan fingerprint density at radius 3 is 2.07 bits per heavy atom. The maximum Gasteiger partial charge on any atom is 0.191 e. The highest BCUT2D eigenvalue weighted by molar-refractivity contribution is 6.74. The molecule has 0 aliphatic carbocycles. The van der Waals surface area contributed by atoms with E-state index in [0.717, 1.165) is 6.29 Å². The van der Waals surface area contributed by atoms with Gasteiger partial charge >= 0.3 is 0 Å². The Labute approximate surface area is 95.5 Å². The van der Waals surface area contributed by atoms with E-state index in [-0.39, 0.29) is 11.0 Å². The minimum Gasteiger partial charge on any atom is -0.417 e. The molecule has 0 spiro atoms. The molecule has 0 heterocycles. The molecule has 0 radical (unpaired) electrons. The third-order valence-electron chi connectivity index (χ3n) is 3.63. The molecule has 2 atom stereocenters. The molecule has 0 aromatic rings. The third kappa shape index (κ3) is 4.47. The van der Waals surface area contributed by atoms with Gasteiger partial charge in [-0.05, 0) is 24.1 Å². The Balaban J connectivity index is 4.21. The van der Waals surface area contributed by atoms with Crippen molar-refractivity contribution in [1.29, 1.82) is 0 Å². The van der Waals surface area contributed by atoms with E-state index in [9.17, 15) is 4.79 Å². The van der Waals surface area contributed by atoms with Gasteiger partial charge in [0.25, 0.3) is 0 Å². The van der Waals surface area contributed by atoms with Gasteiger partial charge in [0.15, 0.2) is 8.32 Å². The van der Waals surface area contributed by atoms with Crippen molar-refractivity contribution in [2.45, 2.75) is 52.8 Å². The molecule has 0 saturated heterocycles. The van der Waals surface area contributed by atoms with Gasteiger partial charge in [-0.3, -0.25) is 0 Å². The van der Waals surface area contributed by atoms with Gasteiger partial charge in [-0.25, -0.2) is 0 Å². The molecule has 0 aromatic carbocycles. The molecule has 3 heteroatoms. The number of carbonyl (C=O) groups excluding carboxylic acids is 1. The molecule has 15 heavy (non-hydrogen) atoms. The Bertz CT molecular complexity index is 206. The maximum atomic E-state index is 10.6. The maximum absolute atomic E-state index is 10.6. The molecule has 0 amide bonds. The van der Waals surface area contributed by atoms with Gasteiger partial charge in [0, 0.05) is 12.5 Å². The lowest BCUT2D eigenvalue weighted by molar-refractivity contribution is -0.112. The summed E-state index contributed by atoms with van der Waals surface area (Å²) in [5.74, 6) is 0.409. The van der Waals surface area contributed by atoms with Crippen molar-refractivity contribution in [2.24, 2.45) is 11.8 Å². The van der Waals surface area contributed by atoms with E-state index in [4.69, 9.17) is 4.43 Å². The van der Waals surface area contributed by atoms with Crippen molar-refractivity contribution < 1.29 is 9.22 Å². The Morgan fingerprint density at radius 1 is 1.27 bits per heavy atom. The average Bonchev–Trinajstić information content (AvgIpc) is 2.11. The summed E-state index contributed by atoms with van der Waals surface area (Å²) in [6.45, 7) is 15.9. The lowest BCUT2D eigenvalue weighted by Crippen LogP contribution is -2.42. The van der Waals surface area contributed by atoms with Crippen molar-refractivity contribution in [3.05, 3.63) is 0 Å². The molecule has 0 N–H and O–H groups in total. The summed E-state index contributed by atoms with van der Waals surface area (Å²) >= 11 is 0. The van der Waals surface area contributed by atoms with E-state index < -0.39 is 8.32 Å². The molecule has 0 aromatic heterocycles. The average molecular weight is 230 g/mol. The summed E-state index contributed by atoms with van der Waals surface area (Å²) in [7, 11) is -1.64. The fraction of sp³-hybridized carbons (Fsp3) is 0.917. The minimum atomic E-state index is -1.64. The van der Waals surface area contributed by atoms with Crippen LogP contribution < -0.4 is 0 Å². The molecular formula is C12H26O2Si. The second-order valence-electron chi connectivity index (χ2n) is 6.04. The van der Waals surface area contributed by atoms with Crippen LogP contribution >= 0.6 is 0 Å². The predicted octanol–water partition coefficient (Wildman–Crippen LogP) is 3.48. The standard InChI is InChI=1S/C12H26O2Si/c1-10(8-13)11(2)9-14-15(6,7)12(3,4)5/h8,10-11H,9H2,1-7H3/t10-,11+/m1/s1. The predicted molar refractivity (Wildman–Crippen MR) is 67.5 cm³/mol. The van der Waals surface area contributed by atoms with Crippen molar-refractivity contribution in [1.82, 2.24) is 0 Å². The monoisotopic (exact) mass is 230 g/mol. The highest BCUT2D eigenvalue weighted by atomic mass is 28.4. The van der Waals surface area contributed by atoms with Gasteiger partial charge < -0.3 is 9.22 Å². The fourth-order valence-corrected chi connectivity index (χ4v) is 1.95. The molecule has 0 bridgehead atoms. The van der Waals surface area contributed by atoms with Crippen molar-refractivity contribution in [3.63, 3.8) is 0 Å². The first-order valence-corrected chi connectivity index (χ1v) is 8.62. The van der Waals surface area contributed by atoms with Gasteiger partial charge in [-0.15, -0.1) is 0 Å². The van der Waals surface area contributed by atoms with Crippen LogP contribution in [0.15, 0.2) is 0 Å². The van der Waals surface area contributed by atoms with Gasteiger partial charge in [-0.1, -0.05) is 34.6 Å². The second kappa shape index (κ2) is 5.26. The lowest BCUT2D eigenvalue weighted by atomic mass is 9.99. The molecule has 0 saturated carbocycles. The number of aldehydes is 1. The SMILES string of the molecule is C[C@H](C=O)[C@@H](C)CO[Si](C)(C)C(C)(C)C. The number of hydrogen-bond donors (Lipinski definition) is 0. The van der Waals surface area contributed by atoms with Crippen LogP contribution in [0.4, 0.5) is 0 Å². The Kier molecular flexibility index (Phi) is 5.20. The highest BCUT2D eigenvalue weighted by Crippen LogP contribution is 2.36. The smallest absolute Gasteiger partial charge is 0.191 e. The van der Waals surface area contributed by atoms with Crippen LogP contribution in [0.1, 0.15) is 34.6 Å². The molecule has 0 aliphatic heterocycles. The molecular weight excluding hydrogens is 204 g/mol. The molecule has 90 valence electrons. The topological polar surface area (TPSA) is 26.3 Å². The van der Waals surface area contributed by atoms with Crippen LogP contribution in [0.25, 0.3) is 0 Å². The first kappa shape index (κ1) is 14.8. The Morgan fingerprint density at radius 2 is 1.73 bits per heavy atom. The van der Waals surface area contributed by atoms with Gasteiger partial charge in [0.2, 0.25) is 0 Å². The zero-order chi connectivity index (χ0) is 12.3. The zero-order valence-corrected chi connectivity index (χ0v) is 12.3. The molecule has 0 fully saturated rings. The number of rotatable bonds is 5. The molecule has 0 rings (SSSR count). The number of hydrogen-bond acceptors (Lipinski definition) is 2. The van der Waals surface area contributed by atoms with E-state index in [1.54, 1.807) is 0 Å². The largest absolute Gasteiger partial charge is 0.417 e. The van der Waals surface area contributed by atoms with Crippen molar-refractivity contribution >= 4 is 14.6 Å². The lowest BCUT2D eigenvalue weighted by Gasteiger charge is -2.37. The van der Waals surface area contributed by atoms with Crippen LogP contribution in [-0.2, 0) is 9.22 Å². The summed E-state index contributed by atoms with van der Waals surface area (Å²) in [5, 5.41) is 0.247. The molecule has 0 aliphatic rings. The second-order valence-corrected chi connectivity index (χ2v) is 10.9. The normalized spacial score (nSPS) is 17.3. The van der Waals surface area contributed by atoms with Gasteiger partial charge in [-0.2, -0.15) is 0 Å². The van der Waals surface area contributed by atoms with Crippen LogP contribution in [0, 0.1) is 11.8 Å². The van der Waals surface area contributed by atoms with E-state index >= 15 is 0 Å². The van der Waals surface area contributed by atoms with Gasteiger partial charge in [0.05, 0.1) is 0 Å². The van der Waals surface area contributed by atoms with Crippen LogP contribution in [0.3, 0.4) is 0 Å². The summed E-state index contributed by atoms with van der Waals surface area (Å²) < 4.78 is 6.06. The first-order chi connectivity index (χ1) is 6.62. The van der Waals surface area contributed by atoms with E-state index in [2.05, 4.69) is 40.8 Å². The quantitative estimate of drug-likeness (QED) is 0.534. The Hall–Kier alpha value is -0.153. The van der Waals surface area contributed by atoms with Crippen molar-refractivity contribution in [2.75, 3.05) is 6.61 Å². The minimum absolute atomic E-state index is 0.0924. The van der Waals surface area contributed by atoms with E-state index in [0.29, 0.717) is 12.5 Å². The fourth-order valence-electron chi connectivity index (χ4n) is 0.842. The summed E-state index contributed by atoms with van der Waals surface area (Å²) in [5.41, 5.74) is 0. The third-order valence-corrected chi connectivity index (χ3v) is 8.13. The zero-order valence-electron chi connectivity index (χ0n) is 11.3. The summed E-state index contributed by atoms with van der Waals surface area (Å²) in [4.78, 5) is 10.6. The van der Waals surface area contributed by atoms with E-state index in [1.165, 1.54) is 0 Å². The molecule has 2 nitrogen and oxygen atoms in total. The number of carbonyl (C=O) groups is 1. The molecule has 0 unspecified atom stereocenters.